The lowest BCUT2D eigenvalue weighted by Crippen LogP contribution is -2.05. The molecule has 2 aromatic heterocycles. The molecule has 0 bridgehead atoms. The number of aromatic nitrogens is 4. The van der Waals surface area contributed by atoms with Gasteiger partial charge in [-0.1, -0.05) is 0 Å². The Hall–Kier alpha value is -3.21. The van der Waals surface area contributed by atoms with Crippen molar-refractivity contribution >= 4 is 0 Å². The van der Waals surface area contributed by atoms with Gasteiger partial charge in [0.2, 0.25) is 0 Å². The Morgan fingerprint density at radius 3 is 2.46 bits per heavy atom. The monoisotopic (exact) mass is 329 g/mol. The number of hydrogen-bond acceptors (Lipinski definition) is 4. The summed E-state index contributed by atoms with van der Waals surface area (Å²) in [5.41, 5.74) is 2.25. The highest BCUT2D eigenvalue weighted by atomic mass is 19.4. The molecule has 3 aromatic rings. The third-order valence-corrected chi connectivity index (χ3v) is 3.39. The van der Waals surface area contributed by atoms with Crippen LogP contribution in [-0.4, -0.2) is 20.4 Å². The zero-order chi connectivity index (χ0) is 17.3. The molecule has 0 radical (unpaired) electrons. The van der Waals surface area contributed by atoms with Crippen molar-refractivity contribution in [3.63, 3.8) is 0 Å². The second-order valence-corrected chi connectivity index (χ2v) is 5.15. The summed E-state index contributed by atoms with van der Waals surface area (Å²) in [6, 6.07) is 9.55. The maximum absolute atomic E-state index is 12.6. The lowest BCUT2D eigenvalue weighted by atomic mass is 10.0. The minimum Gasteiger partial charge on any atom is -0.256 e. The highest BCUT2D eigenvalue weighted by Gasteiger charge is 2.30. The van der Waals surface area contributed by atoms with Crippen LogP contribution >= 0.6 is 0 Å². The van der Waals surface area contributed by atoms with Crippen molar-refractivity contribution < 1.29 is 13.2 Å². The predicted octanol–water partition coefficient (Wildman–Crippen LogP) is 3.73. The number of halogens is 3. The normalized spacial score (nSPS) is 11.3. The first kappa shape index (κ1) is 15.7. The average molecular weight is 329 g/mol. The largest absolute Gasteiger partial charge is 0.417 e. The van der Waals surface area contributed by atoms with Crippen LogP contribution < -0.4 is 0 Å². The smallest absolute Gasteiger partial charge is 0.256 e. The second kappa shape index (κ2) is 5.77. The standard InChI is InChI=1S/C16H10F3N5/c1-9-4-10(13-3-2-12(8-21-13)16(17,18)19)6-11(5-9)15-14(7-20)22-24-23-15/h2-6,8H,1H3,(H,22,23,24). The number of nitriles is 1. The molecule has 0 fully saturated rings. The topological polar surface area (TPSA) is 78.2 Å². The molecular formula is C16H10F3N5. The number of aryl methyl sites for hydroxylation is 1. The van der Waals surface area contributed by atoms with Gasteiger partial charge in [0.15, 0.2) is 5.69 Å². The number of benzene rings is 1. The number of nitrogens with zero attached hydrogens (tertiary/aromatic N) is 4. The maximum atomic E-state index is 12.6. The predicted molar refractivity (Wildman–Crippen MR) is 79.5 cm³/mol. The van der Waals surface area contributed by atoms with Crippen molar-refractivity contribution in [2.45, 2.75) is 13.1 Å². The molecule has 0 atom stereocenters. The second-order valence-electron chi connectivity index (χ2n) is 5.15. The van der Waals surface area contributed by atoms with E-state index in [0.29, 0.717) is 22.5 Å². The van der Waals surface area contributed by atoms with E-state index >= 15 is 0 Å². The van der Waals surface area contributed by atoms with E-state index in [-0.39, 0.29) is 5.69 Å². The fraction of sp³-hybridized carbons (Fsp3) is 0.125. The van der Waals surface area contributed by atoms with Gasteiger partial charge < -0.3 is 0 Å². The molecule has 0 amide bonds. The first-order valence-electron chi connectivity index (χ1n) is 6.85. The highest BCUT2D eigenvalue weighted by molar-refractivity contribution is 5.72. The quantitative estimate of drug-likeness (QED) is 0.777. The van der Waals surface area contributed by atoms with Crippen LogP contribution in [0.25, 0.3) is 22.5 Å². The number of rotatable bonds is 2. The minimum absolute atomic E-state index is 0.145. The Morgan fingerprint density at radius 2 is 1.83 bits per heavy atom. The molecule has 0 aliphatic carbocycles. The zero-order valence-electron chi connectivity index (χ0n) is 12.4. The molecule has 0 spiro atoms. The van der Waals surface area contributed by atoms with E-state index in [1.54, 1.807) is 12.1 Å². The summed E-state index contributed by atoms with van der Waals surface area (Å²) >= 11 is 0. The van der Waals surface area contributed by atoms with Crippen LogP contribution in [0.5, 0.6) is 0 Å². The lowest BCUT2D eigenvalue weighted by molar-refractivity contribution is -0.137. The first-order valence-corrected chi connectivity index (χ1v) is 6.85. The molecule has 5 nitrogen and oxygen atoms in total. The summed E-state index contributed by atoms with van der Waals surface area (Å²) in [5.74, 6) is 0. The van der Waals surface area contributed by atoms with Gasteiger partial charge in [-0.2, -0.15) is 28.7 Å². The maximum Gasteiger partial charge on any atom is 0.417 e. The van der Waals surface area contributed by atoms with Gasteiger partial charge in [0.1, 0.15) is 11.8 Å². The Balaban J connectivity index is 2.05. The van der Waals surface area contributed by atoms with E-state index in [1.807, 2.05) is 19.1 Å². The van der Waals surface area contributed by atoms with Crippen molar-refractivity contribution in [1.29, 1.82) is 5.26 Å². The van der Waals surface area contributed by atoms with Crippen LogP contribution in [-0.2, 0) is 6.18 Å². The van der Waals surface area contributed by atoms with Gasteiger partial charge in [-0.15, -0.1) is 5.10 Å². The van der Waals surface area contributed by atoms with E-state index in [4.69, 9.17) is 5.26 Å². The number of pyridine rings is 1. The van der Waals surface area contributed by atoms with Crippen molar-refractivity contribution in [3.8, 4) is 28.6 Å². The molecule has 0 aliphatic heterocycles. The van der Waals surface area contributed by atoms with Gasteiger partial charge in [-0.05, 0) is 42.8 Å². The fourth-order valence-corrected chi connectivity index (χ4v) is 2.31. The van der Waals surface area contributed by atoms with Crippen LogP contribution in [0.2, 0.25) is 0 Å². The number of aromatic amines is 1. The van der Waals surface area contributed by atoms with Gasteiger partial charge in [-0.3, -0.25) is 4.98 Å². The van der Waals surface area contributed by atoms with Gasteiger partial charge in [0, 0.05) is 17.3 Å². The van der Waals surface area contributed by atoms with Crippen molar-refractivity contribution in [3.05, 3.63) is 53.3 Å². The van der Waals surface area contributed by atoms with E-state index < -0.39 is 11.7 Å². The minimum atomic E-state index is -4.42. The van der Waals surface area contributed by atoms with Crippen LogP contribution in [0.1, 0.15) is 16.8 Å². The number of alkyl halides is 3. The molecule has 24 heavy (non-hydrogen) atoms. The molecule has 0 unspecified atom stereocenters. The van der Waals surface area contributed by atoms with Crippen LogP contribution in [0.15, 0.2) is 36.5 Å². The van der Waals surface area contributed by atoms with E-state index in [1.165, 1.54) is 6.07 Å². The summed E-state index contributed by atoms with van der Waals surface area (Å²) in [7, 11) is 0. The average Bonchev–Trinajstić information content (AvgIpc) is 3.02. The van der Waals surface area contributed by atoms with Gasteiger partial charge in [0.05, 0.1) is 11.3 Å². The molecule has 1 aromatic carbocycles. The van der Waals surface area contributed by atoms with Crippen LogP contribution in [0, 0.1) is 18.3 Å². The Labute approximate surface area is 134 Å². The molecular weight excluding hydrogens is 319 g/mol. The van der Waals surface area contributed by atoms with E-state index in [2.05, 4.69) is 20.4 Å². The summed E-state index contributed by atoms with van der Waals surface area (Å²) in [6.07, 6.45) is -3.63. The van der Waals surface area contributed by atoms with E-state index in [9.17, 15) is 13.2 Å². The highest BCUT2D eigenvalue weighted by Crippen LogP contribution is 2.31. The SMILES string of the molecule is Cc1cc(-c2ccc(C(F)(F)F)cn2)cc(-c2n[nH]nc2C#N)c1. The molecule has 3 rings (SSSR count). The molecule has 0 aliphatic rings. The van der Waals surface area contributed by atoms with Crippen molar-refractivity contribution in [1.82, 2.24) is 20.4 Å². The third-order valence-electron chi connectivity index (χ3n) is 3.39. The van der Waals surface area contributed by atoms with Gasteiger partial charge in [0.25, 0.3) is 0 Å². The number of hydrogen-bond donors (Lipinski definition) is 1. The molecule has 120 valence electrons. The molecule has 0 saturated carbocycles. The number of nitrogens with one attached hydrogen (secondary N) is 1. The third kappa shape index (κ3) is 2.96. The molecule has 2 heterocycles. The Bertz CT molecular complexity index is 920. The molecule has 0 saturated heterocycles. The Kier molecular flexibility index (Phi) is 3.77. The van der Waals surface area contributed by atoms with Crippen molar-refractivity contribution in [2.75, 3.05) is 0 Å². The lowest BCUT2D eigenvalue weighted by Gasteiger charge is -2.09. The van der Waals surface area contributed by atoms with Gasteiger partial charge >= 0.3 is 6.18 Å². The van der Waals surface area contributed by atoms with Gasteiger partial charge in [-0.25, -0.2) is 0 Å². The molecule has 1 N–H and O–H groups in total. The van der Waals surface area contributed by atoms with Crippen LogP contribution in [0.3, 0.4) is 0 Å². The number of H-pyrrole nitrogens is 1. The van der Waals surface area contributed by atoms with Crippen LogP contribution in [0.4, 0.5) is 13.2 Å². The summed E-state index contributed by atoms with van der Waals surface area (Å²) in [6.45, 7) is 1.84. The fourth-order valence-electron chi connectivity index (χ4n) is 2.31. The summed E-state index contributed by atoms with van der Waals surface area (Å²) in [4.78, 5) is 3.89. The first-order chi connectivity index (χ1) is 11.4. The molecule has 8 heteroatoms. The van der Waals surface area contributed by atoms with Crippen molar-refractivity contribution in [2.24, 2.45) is 0 Å². The summed E-state index contributed by atoms with van der Waals surface area (Å²) < 4.78 is 37.9. The zero-order valence-corrected chi connectivity index (χ0v) is 12.4. The van der Waals surface area contributed by atoms with E-state index in [0.717, 1.165) is 17.8 Å². The summed E-state index contributed by atoms with van der Waals surface area (Å²) in [5, 5.41) is 19.1. The Morgan fingerprint density at radius 1 is 1.08 bits per heavy atom.